The molecule has 1 aromatic rings. The van der Waals surface area contributed by atoms with E-state index in [4.69, 9.17) is 14.2 Å². The minimum atomic E-state index is -4.92. The number of benzene rings is 1. The van der Waals surface area contributed by atoms with Crippen molar-refractivity contribution >= 4 is 20.2 Å². The van der Waals surface area contributed by atoms with Gasteiger partial charge in [0.05, 0.1) is 0 Å². The molecule has 0 radical (unpaired) electrons. The summed E-state index contributed by atoms with van der Waals surface area (Å²) in [6, 6.07) is 0.860. The van der Waals surface area contributed by atoms with Gasteiger partial charge in [0.2, 0.25) is 0 Å². The zero-order chi connectivity index (χ0) is 12.7. The Hall–Kier alpha value is -1.44. The second-order valence-corrected chi connectivity index (χ2v) is 5.52. The van der Waals surface area contributed by atoms with Crippen LogP contribution in [0.5, 0.6) is 11.5 Å². The Kier molecular flexibility index (Phi) is 5.75. The zero-order valence-corrected chi connectivity index (χ0v) is 10.4. The van der Waals surface area contributed by atoms with Crippen LogP contribution in [0.25, 0.3) is 0 Å². The van der Waals surface area contributed by atoms with Crippen molar-refractivity contribution in [1.29, 1.82) is 0 Å². The monoisotopic (exact) mass is 304 g/mol. The minimum absolute atomic E-state index is 0. The van der Waals surface area contributed by atoms with Gasteiger partial charge >= 0.3 is 0 Å². The third-order valence-corrected chi connectivity index (χ3v) is 3.31. The summed E-state index contributed by atoms with van der Waals surface area (Å²) in [5.41, 5.74) is 0. The summed E-state index contributed by atoms with van der Waals surface area (Å²) in [6.45, 7) is 0. The topological polar surface area (TPSA) is 219 Å². The highest BCUT2D eigenvalue weighted by atomic mass is 32.2. The van der Waals surface area contributed by atoms with Crippen LogP contribution in [0.3, 0.4) is 0 Å². The molecule has 0 bridgehead atoms. The van der Waals surface area contributed by atoms with E-state index in [2.05, 4.69) is 0 Å². The molecule has 0 saturated heterocycles. The first-order valence-corrected chi connectivity index (χ1v) is 6.42. The Balaban J connectivity index is 0. The van der Waals surface area contributed by atoms with Crippen molar-refractivity contribution in [3.8, 4) is 11.5 Å². The van der Waals surface area contributed by atoms with Crippen LogP contribution in [0.15, 0.2) is 21.9 Å². The predicted octanol–water partition coefficient (Wildman–Crippen LogP) is -0.0848. The van der Waals surface area contributed by atoms with Gasteiger partial charge in [0.25, 0.3) is 20.2 Å². The molecule has 0 aliphatic heterocycles. The van der Waals surface area contributed by atoms with Crippen LogP contribution in [-0.2, 0) is 20.2 Å². The molecule has 18 heavy (non-hydrogen) atoms. The molecule has 12 heteroatoms. The van der Waals surface area contributed by atoms with Crippen molar-refractivity contribution in [2.75, 3.05) is 0 Å². The molecule has 0 fully saturated rings. The van der Waals surface area contributed by atoms with Gasteiger partial charge in [-0.15, -0.1) is 0 Å². The first-order valence-electron chi connectivity index (χ1n) is 3.54. The van der Waals surface area contributed by atoms with Crippen LogP contribution in [0.4, 0.5) is 0 Å². The smallest absolute Gasteiger partial charge is 0.298 e. The molecule has 10 nitrogen and oxygen atoms in total. The van der Waals surface area contributed by atoms with E-state index in [1.807, 2.05) is 0 Å². The van der Waals surface area contributed by atoms with Gasteiger partial charge in [0.1, 0.15) is 15.5 Å². The maximum absolute atomic E-state index is 10.7. The van der Waals surface area contributed by atoms with Gasteiger partial charge < -0.3 is 22.5 Å². The van der Waals surface area contributed by atoms with E-state index in [1.165, 1.54) is 0 Å². The van der Waals surface area contributed by atoms with Crippen LogP contribution >= 0.6 is 0 Å². The molecule has 10 N–H and O–H groups in total. The Bertz CT molecular complexity index is 583. The van der Waals surface area contributed by atoms with E-state index < -0.39 is 41.5 Å². The van der Waals surface area contributed by atoms with Gasteiger partial charge in [-0.1, -0.05) is 0 Å². The van der Waals surface area contributed by atoms with Gasteiger partial charge in [0.15, 0.2) is 5.75 Å². The number of rotatable bonds is 2. The SMILES string of the molecule is N.N.O=S(=O)(O)c1cc(O)cc(S(=O)(=O)O)c1O. The molecule has 0 amide bonds. The van der Waals surface area contributed by atoms with Crippen LogP contribution < -0.4 is 12.3 Å². The predicted molar refractivity (Wildman–Crippen MR) is 59.4 cm³/mol. The summed E-state index contributed by atoms with van der Waals surface area (Å²) in [7, 11) is -9.85. The van der Waals surface area contributed by atoms with Crippen LogP contribution in [0.1, 0.15) is 0 Å². The molecule has 106 valence electrons. The van der Waals surface area contributed by atoms with Gasteiger partial charge in [-0.05, 0) is 0 Å². The van der Waals surface area contributed by atoms with Crippen LogP contribution in [-0.4, -0.2) is 36.2 Å². The van der Waals surface area contributed by atoms with Gasteiger partial charge in [0, 0.05) is 12.1 Å². The normalized spacial score (nSPS) is 11.2. The molecule has 0 saturated carbocycles. The van der Waals surface area contributed by atoms with Crippen molar-refractivity contribution in [2.24, 2.45) is 0 Å². The first-order chi connectivity index (χ1) is 7.03. The van der Waals surface area contributed by atoms with E-state index in [0.717, 1.165) is 0 Å². The summed E-state index contributed by atoms with van der Waals surface area (Å²) >= 11 is 0. The molecule has 0 atom stereocenters. The molecule has 0 heterocycles. The molecule has 1 aromatic carbocycles. The Labute approximate surface area is 103 Å². The third-order valence-electron chi connectivity index (χ3n) is 1.58. The number of phenolic OH excluding ortho intramolecular Hbond substituents is 2. The fourth-order valence-electron chi connectivity index (χ4n) is 0.962. The van der Waals surface area contributed by atoms with Crippen molar-refractivity contribution in [1.82, 2.24) is 12.3 Å². The number of hydrogen-bond acceptors (Lipinski definition) is 8. The molecule has 0 aromatic heterocycles. The lowest BCUT2D eigenvalue weighted by atomic mass is 10.3. The summed E-state index contributed by atoms with van der Waals surface area (Å²) < 4.78 is 60.0. The van der Waals surface area contributed by atoms with E-state index in [0.29, 0.717) is 12.1 Å². The molecule has 0 spiro atoms. The van der Waals surface area contributed by atoms with Crippen LogP contribution in [0.2, 0.25) is 0 Å². The average Bonchev–Trinajstić information content (AvgIpc) is 2.04. The third kappa shape index (κ3) is 3.80. The highest BCUT2D eigenvalue weighted by molar-refractivity contribution is 7.86. The van der Waals surface area contributed by atoms with Crippen molar-refractivity contribution < 1.29 is 36.2 Å². The van der Waals surface area contributed by atoms with Gasteiger partial charge in [-0.3, -0.25) is 9.11 Å². The van der Waals surface area contributed by atoms with Gasteiger partial charge in [-0.2, -0.15) is 16.8 Å². The van der Waals surface area contributed by atoms with Crippen LogP contribution in [0, 0.1) is 0 Å². The second kappa shape index (κ2) is 5.47. The fraction of sp³-hybridized carbons (Fsp3) is 0. The molecule has 1 rings (SSSR count). The lowest BCUT2D eigenvalue weighted by molar-refractivity contribution is 0.412. The second-order valence-electron chi connectivity index (χ2n) is 2.74. The fourth-order valence-corrected chi connectivity index (χ4v) is 2.27. The molecule has 0 aliphatic carbocycles. The largest absolute Gasteiger partial charge is 0.508 e. The Morgan fingerprint density at radius 2 is 1.06 bits per heavy atom. The van der Waals surface area contributed by atoms with E-state index in [-0.39, 0.29) is 12.3 Å². The number of hydrogen-bond donors (Lipinski definition) is 6. The number of aromatic hydroxyl groups is 2. The molecular weight excluding hydrogens is 292 g/mol. The summed E-state index contributed by atoms with van der Waals surface area (Å²) in [5.74, 6) is -2.24. The maximum Gasteiger partial charge on any atom is 0.298 e. The van der Waals surface area contributed by atoms with Crippen molar-refractivity contribution in [3.63, 3.8) is 0 Å². The van der Waals surface area contributed by atoms with Crippen molar-refractivity contribution in [3.05, 3.63) is 12.1 Å². The minimum Gasteiger partial charge on any atom is -0.508 e. The zero-order valence-electron chi connectivity index (χ0n) is 8.81. The van der Waals surface area contributed by atoms with Crippen molar-refractivity contribution in [2.45, 2.75) is 9.79 Å². The first kappa shape index (κ1) is 18.9. The lowest BCUT2D eigenvalue weighted by Gasteiger charge is -2.06. The molecule has 0 unspecified atom stereocenters. The van der Waals surface area contributed by atoms with E-state index in [1.54, 1.807) is 0 Å². The standard InChI is InChI=1S/C6H6O8S2.2H3N/c7-3-1-4(15(9,10)11)6(8)5(2-3)16(12,13)14;;/h1-2,7-8H,(H,9,10,11)(H,12,13,14);2*1H3. The van der Waals surface area contributed by atoms with E-state index >= 15 is 0 Å². The highest BCUT2D eigenvalue weighted by Crippen LogP contribution is 2.33. The number of phenols is 2. The highest BCUT2D eigenvalue weighted by Gasteiger charge is 2.25. The Morgan fingerprint density at radius 3 is 1.28 bits per heavy atom. The quantitative estimate of drug-likeness (QED) is 0.315. The average molecular weight is 304 g/mol. The maximum atomic E-state index is 10.7. The summed E-state index contributed by atoms with van der Waals surface area (Å²) in [6.07, 6.45) is 0. The molecular formula is C6H12N2O8S2. The molecule has 0 aliphatic rings. The lowest BCUT2D eigenvalue weighted by Crippen LogP contribution is -2.04. The van der Waals surface area contributed by atoms with Gasteiger partial charge in [-0.25, -0.2) is 0 Å². The summed E-state index contributed by atoms with van der Waals surface area (Å²) in [4.78, 5) is -2.44. The van der Waals surface area contributed by atoms with E-state index in [9.17, 15) is 21.9 Å². The summed E-state index contributed by atoms with van der Waals surface area (Å²) in [5, 5.41) is 18.2. The Morgan fingerprint density at radius 1 is 0.778 bits per heavy atom.